The SMILES string of the molecule is COc1cc(C(=O)N2CCC3(CC2)CN(C(=O)c2ccc(F)nc2F)c2ccc(C)cc23)cc(OC)c1C. The van der Waals surface area contributed by atoms with Crippen molar-refractivity contribution in [2.24, 2.45) is 0 Å². The van der Waals surface area contributed by atoms with Gasteiger partial charge in [-0.05, 0) is 62.6 Å². The molecule has 1 fully saturated rings. The largest absolute Gasteiger partial charge is 0.496 e. The lowest BCUT2D eigenvalue weighted by molar-refractivity contribution is 0.0670. The molecule has 3 aromatic rings. The zero-order chi connectivity index (χ0) is 27.2. The fourth-order valence-electron chi connectivity index (χ4n) is 5.64. The van der Waals surface area contributed by atoms with Gasteiger partial charge in [0, 0.05) is 41.9 Å². The van der Waals surface area contributed by atoms with E-state index in [1.54, 1.807) is 36.2 Å². The van der Waals surface area contributed by atoms with E-state index < -0.39 is 17.8 Å². The first-order chi connectivity index (χ1) is 18.2. The average Bonchev–Trinajstić information content (AvgIpc) is 3.21. The van der Waals surface area contributed by atoms with Crippen molar-refractivity contribution in [2.45, 2.75) is 32.1 Å². The Morgan fingerprint density at radius 2 is 1.58 bits per heavy atom. The molecule has 0 saturated carbocycles. The second kappa shape index (κ2) is 9.70. The Morgan fingerprint density at radius 3 is 2.18 bits per heavy atom. The van der Waals surface area contributed by atoms with Crippen molar-refractivity contribution >= 4 is 17.5 Å². The second-order valence-corrected chi connectivity index (χ2v) is 9.96. The summed E-state index contributed by atoms with van der Waals surface area (Å²) in [6.45, 7) is 5.17. The maximum Gasteiger partial charge on any atom is 0.262 e. The molecule has 0 radical (unpaired) electrons. The Balaban J connectivity index is 1.41. The highest BCUT2D eigenvalue weighted by Crippen LogP contribution is 2.48. The summed E-state index contributed by atoms with van der Waals surface area (Å²) in [4.78, 5) is 33.4. The van der Waals surface area contributed by atoms with E-state index in [9.17, 15) is 18.4 Å². The summed E-state index contributed by atoms with van der Waals surface area (Å²) in [5.74, 6) is -1.63. The number of hydrogen-bond acceptors (Lipinski definition) is 5. The number of likely N-dealkylation sites (tertiary alicyclic amines) is 1. The number of benzene rings is 2. The molecule has 2 aliphatic rings. The lowest BCUT2D eigenvalue weighted by Gasteiger charge is -2.40. The van der Waals surface area contributed by atoms with Crippen LogP contribution in [0.25, 0.3) is 0 Å². The summed E-state index contributed by atoms with van der Waals surface area (Å²) in [5, 5.41) is 0. The lowest BCUT2D eigenvalue weighted by Crippen LogP contribution is -2.48. The first kappa shape index (κ1) is 25.6. The van der Waals surface area contributed by atoms with E-state index in [-0.39, 0.29) is 16.9 Å². The number of anilines is 1. The smallest absolute Gasteiger partial charge is 0.262 e. The summed E-state index contributed by atoms with van der Waals surface area (Å²) >= 11 is 0. The minimum absolute atomic E-state index is 0.119. The van der Waals surface area contributed by atoms with Gasteiger partial charge < -0.3 is 19.3 Å². The van der Waals surface area contributed by atoms with Crippen LogP contribution < -0.4 is 14.4 Å². The Bertz CT molecular complexity index is 1410. The van der Waals surface area contributed by atoms with E-state index in [1.165, 1.54) is 0 Å². The quantitative estimate of drug-likeness (QED) is 0.460. The molecule has 1 saturated heterocycles. The van der Waals surface area contributed by atoms with Gasteiger partial charge in [0.1, 0.15) is 11.5 Å². The molecule has 1 spiro atoms. The second-order valence-electron chi connectivity index (χ2n) is 9.96. The first-order valence-corrected chi connectivity index (χ1v) is 12.4. The van der Waals surface area contributed by atoms with Crippen molar-refractivity contribution in [1.29, 1.82) is 0 Å². The molecule has 0 aliphatic carbocycles. The number of halogens is 2. The Labute approximate surface area is 220 Å². The fourth-order valence-corrected chi connectivity index (χ4v) is 5.64. The number of aromatic nitrogens is 1. The third kappa shape index (κ3) is 4.25. The number of piperidine rings is 1. The number of fused-ring (bicyclic) bond motifs is 2. The molecule has 9 heteroatoms. The summed E-state index contributed by atoms with van der Waals surface area (Å²) in [7, 11) is 3.11. The number of carbonyl (C=O) groups excluding carboxylic acids is 2. The van der Waals surface area contributed by atoms with Gasteiger partial charge in [-0.15, -0.1) is 0 Å². The molecule has 0 bridgehead atoms. The number of carbonyl (C=O) groups is 2. The molecule has 7 nitrogen and oxygen atoms in total. The number of hydrogen-bond donors (Lipinski definition) is 0. The summed E-state index contributed by atoms with van der Waals surface area (Å²) < 4.78 is 38.6. The van der Waals surface area contributed by atoms with Crippen LogP contribution in [0.3, 0.4) is 0 Å². The molecule has 1 aromatic heterocycles. The predicted octanol–water partition coefficient (Wildman–Crippen LogP) is 4.83. The highest BCUT2D eigenvalue weighted by Gasteiger charge is 2.47. The summed E-state index contributed by atoms with van der Waals surface area (Å²) in [5.41, 5.74) is 3.40. The molecular formula is C29H29F2N3O4. The van der Waals surface area contributed by atoms with E-state index in [0.717, 1.165) is 28.8 Å². The van der Waals surface area contributed by atoms with E-state index in [4.69, 9.17) is 9.47 Å². The minimum Gasteiger partial charge on any atom is -0.496 e. The standard InChI is InChI=1S/C29H29F2N3O4/c1-17-5-7-22-21(13-17)29(16-34(22)28(36)20-6-8-25(30)32-26(20)31)9-11-33(12-10-29)27(35)19-14-23(37-3)18(2)24(15-19)38-4/h5-8,13-15H,9-12,16H2,1-4H3. The molecule has 0 atom stereocenters. The van der Waals surface area contributed by atoms with Crippen LogP contribution in [0.2, 0.25) is 0 Å². The molecular weight excluding hydrogens is 492 g/mol. The first-order valence-electron chi connectivity index (χ1n) is 12.4. The van der Waals surface area contributed by atoms with E-state index >= 15 is 0 Å². The molecule has 5 rings (SSSR count). The van der Waals surface area contributed by atoms with Gasteiger partial charge in [0.15, 0.2) is 0 Å². The van der Waals surface area contributed by atoms with Crippen LogP contribution in [-0.2, 0) is 5.41 Å². The Hall–Kier alpha value is -4.01. The molecule has 198 valence electrons. The average molecular weight is 522 g/mol. The normalized spacial score (nSPS) is 15.9. The Morgan fingerprint density at radius 1 is 0.921 bits per heavy atom. The molecule has 0 N–H and O–H groups in total. The van der Waals surface area contributed by atoms with Crippen molar-refractivity contribution in [3.8, 4) is 11.5 Å². The lowest BCUT2D eigenvalue weighted by atomic mass is 9.74. The molecule has 2 aromatic carbocycles. The Kier molecular flexibility index (Phi) is 6.54. The molecule has 2 aliphatic heterocycles. The van der Waals surface area contributed by atoms with Crippen LogP contribution in [-0.4, -0.2) is 55.6 Å². The van der Waals surface area contributed by atoms with E-state index in [0.29, 0.717) is 55.2 Å². The van der Waals surface area contributed by atoms with E-state index in [2.05, 4.69) is 11.1 Å². The monoisotopic (exact) mass is 521 g/mol. The van der Waals surface area contributed by atoms with E-state index in [1.807, 2.05) is 26.0 Å². The van der Waals surface area contributed by atoms with Gasteiger partial charge in [-0.3, -0.25) is 9.59 Å². The highest BCUT2D eigenvalue weighted by molar-refractivity contribution is 6.07. The van der Waals surface area contributed by atoms with Crippen LogP contribution in [0.4, 0.5) is 14.5 Å². The van der Waals surface area contributed by atoms with Gasteiger partial charge in [0.2, 0.25) is 11.9 Å². The van der Waals surface area contributed by atoms with Gasteiger partial charge in [-0.1, -0.05) is 17.7 Å². The van der Waals surface area contributed by atoms with Crippen molar-refractivity contribution in [2.75, 3.05) is 38.8 Å². The van der Waals surface area contributed by atoms with Crippen molar-refractivity contribution in [3.63, 3.8) is 0 Å². The third-order valence-corrected chi connectivity index (χ3v) is 7.77. The van der Waals surface area contributed by atoms with Crippen molar-refractivity contribution in [1.82, 2.24) is 9.88 Å². The molecule has 3 heterocycles. The van der Waals surface area contributed by atoms with Crippen LogP contribution >= 0.6 is 0 Å². The zero-order valence-electron chi connectivity index (χ0n) is 21.8. The number of rotatable bonds is 4. The zero-order valence-corrected chi connectivity index (χ0v) is 21.8. The van der Waals surface area contributed by atoms with Crippen LogP contribution in [0, 0.1) is 25.7 Å². The molecule has 2 amide bonds. The van der Waals surface area contributed by atoms with Gasteiger partial charge in [-0.2, -0.15) is 13.8 Å². The third-order valence-electron chi connectivity index (χ3n) is 7.77. The van der Waals surface area contributed by atoms with Gasteiger partial charge in [0.25, 0.3) is 11.8 Å². The number of pyridine rings is 1. The topological polar surface area (TPSA) is 72.0 Å². The van der Waals surface area contributed by atoms with Gasteiger partial charge in [0.05, 0.1) is 19.8 Å². The number of amides is 2. The maximum atomic E-state index is 14.4. The fraction of sp³-hybridized carbons (Fsp3) is 0.345. The number of methoxy groups -OCH3 is 2. The van der Waals surface area contributed by atoms with Crippen LogP contribution in [0.5, 0.6) is 11.5 Å². The van der Waals surface area contributed by atoms with Crippen LogP contribution in [0.1, 0.15) is 50.2 Å². The van der Waals surface area contributed by atoms with Crippen molar-refractivity contribution in [3.05, 3.63) is 82.2 Å². The highest BCUT2D eigenvalue weighted by atomic mass is 19.1. The van der Waals surface area contributed by atoms with Gasteiger partial charge in [-0.25, -0.2) is 0 Å². The number of aryl methyl sites for hydroxylation is 1. The maximum absolute atomic E-state index is 14.4. The number of nitrogens with zero attached hydrogens (tertiary/aromatic N) is 3. The number of ether oxygens (including phenoxy) is 2. The predicted molar refractivity (Wildman–Crippen MR) is 138 cm³/mol. The minimum atomic E-state index is -1.13. The van der Waals surface area contributed by atoms with Crippen molar-refractivity contribution < 1.29 is 27.8 Å². The molecule has 0 unspecified atom stereocenters. The summed E-state index contributed by atoms with van der Waals surface area (Å²) in [6.07, 6.45) is 1.26. The van der Waals surface area contributed by atoms with Gasteiger partial charge >= 0.3 is 0 Å². The van der Waals surface area contributed by atoms with Crippen LogP contribution in [0.15, 0.2) is 42.5 Å². The molecule has 38 heavy (non-hydrogen) atoms. The summed E-state index contributed by atoms with van der Waals surface area (Å²) in [6, 6.07) is 11.4.